The SMILES string of the molecule is Cc1nc(C)c(C=CC(=O)N(Cc2ccc(N(C)c3ccncc3)cc2)C2CCN(Cc3ccccc3)CC2)s1. The van der Waals surface area contributed by atoms with E-state index in [4.69, 9.17) is 0 Å². The number of carbonyl (C=O) groups is 1. The predicted octanol–water partition coefficient (Wildman–Crippen LogP) is 6.63. The molecule has 0 spiro atoms. The van der Waals surface area contributed by atoms with E-state index in [-0.39, 0.29) is 11.9 Å². The van der Waals surface area contributed by atoms with Crippen LogP contribution in [0.3, 0.4) is 0 Å². The highest BCUT2D eigenvalue weighted by molar-refractivity contribution is 7.12. The Balaban J connectivity index is 1.30. The molecule has 5 rings (SSSR count). The Morgan fingerprint density at radius 3 is 2.27 bits per heavy atom. The van der Waals surface area contributed by atoms with Gasteiger partial charge in [0.05, 0.1) is 15.6 Å². The second kappa shape index (κ2) is 13.0. The fourth-order valence-electron chi connectivity index (χ4n) is 5.30. The number of likely N-dealkylation sites (tertiary alicyclic amines) is 1. The van der Waals surface area contributed by atoms with Crippen molar-refractivity contribution in [1.29, 1.82) is 0 Å². The average Bonchev–Trinajstić information content (AvgIpc) is 3.32. The van der Waals surface area contributed by atoms with Crippen LogP contribution in [0.4, 0.5) is 11.4 Å². The van der Waals surface area contributed by atoms with Crippen LogP contribution in [-0.2, 0) is 17.9 Å². The molecule has 7 heteroatoms. The maximum absolute atomic E-state index is 13.7. The Hall–Kier alpha value is -3.81. The van der Waals surface area contributed by atoms with E-state index in [2.05, 4.69) is 86.3 Å². The van der Waals surface area contributed by atoms with E-state index in [9.17, 15) is 4.79 Å². The molecule has 6 nitrogen and oxygen atoms in total. The third-order valence-electron chi connectivity index (χ3n) is 7.57. The van der Waals surface area contributed by atoms with Crippen LogP contribution in [0, 0.1) is 13.8 Å². The molecule has 40 heavy (non-hydrogen) atoms. The Labute approximate surface area is 241 Å². The first kappa shape index (κ1) is 27.7. The van der Waals surface area contributed by atoms with Gasteiger partial charge in [0.1, 0.15) is 0 Å². The third kappa shape index (κ3) is 7.03. The van der Waals surface area contributed by atoms with Crippen LogP contribution in [0.25, 0.3) is 6.08 Å². The minimum atomic E-state index is 0.0601. The predicted molar refractivity (Wildman–Crippen MR) is 165 cm³/mol. The quantitative estimate of drug-likeness (QED) is 0.219. The number of thiazole rings is 1. The van der Waals surface area contributed by atoms with E-state index in [1.807, 2.05) is 32.1 Å². The lowest BCUT2D eigenvalue weighted by Crippen LogP contribution is -2.46. The molecule has 0 saturated carbocycles. The van der Waals surface area contributed by atoms with Crippen LogP contribution >= 0.6 is 11.3 Å². The summed E-state index contributed by atoms with van der Waals surface area (Å²) < 4.78 is 0. The molecule has 0 atom stereocenters. The summed E-state index contributed by atoms with van der Waals surface area (Å²) in [5.74, 6) is 0.0601. The van der Waals surface area contributed by atoms with Crippen molar-refractivity contribution < 1.29 is 4.79 Å². The number of rotatable bonds is 9. The first-order valence-electron chi connectivity index (χ1n) is 13.9. The normalized spacial score (nSPS) is 14.5. The molecule has 0 unspecified atom stereocenters. The monoisotopic (exact) mass is 551 g/mol. The Kier molecular flexibility index (Phi) is 9.04. The minimum absolute atomic E-state index is 0.0601. The van der Waals surface area contributed by atoms with E-state index in [0.717, 1.165) is 65.0 Å². The van der Waals surface area contributed by atoms with Crippen molar-refractivity contribution in [2.24, 2.45) is 0 Å². The van der Waals surface area contributed by atoms with Gasteiger partial charge < -0.3 is 9.80 Å². The van der Waals surface area contributed by atoms with Gasteiger partial charge in [-0.1, -0.05) is 42.5 Å². The molecule has 0 N–H and O–H groups in total. The Morgan fingerprint density at radius 2 is 1.62 bits per heavy atom. The van der Waals surface area contributed by atoms with Crippen molar-refractivity contribution in [2.45, 2.75) is 45.8 Å². The minimum Gasteiger partial charge on any atom is -0.345 e. The van der Waals surface area contributed by atoms with Gasteiger partial charge in [-0.15, -0.1) is 11.3 Å². The zero-order valence-electron chi connectivity index (χ0n) is 23.5. The standard InChI is InChI=1S/C33H37N5OS/c1-25-32(40-26(2)35-25)13-14-33(39)38(31-17-21-37(22-18-31)23-27-7-5-4-6-8-27)24-28-9-11-29(12-10-28)36(3)30-15-19-34-20-16-30/h4-16,19-20,31H,17-18,21-24H2,1-3H3. The maximum Gasteiger partial charge on any atom is 0.247 e. The van der Waals surface area contributed by atoms with Crippen molar-refractivity contribution in [3.8, 4) is 0 Å². The summed E-state index contributed by atoms with van der Waals surface area (Å²) in [5, 5.41) is 1.02. The first-order chi connectivity index (χ1) is 19.5. The third-order valence-corrected chi connectivity index (χ3v) is 8.61. The average molecular weight is 552 g/mol. The molecular weight excluding hydrogens is 514 g/mol. The van der Waals surface area contributed by atoms with Gasteiger partial charge in [-0.25, -0.2) is 4.98 Å². The first-order valence-corrected chi connectivity index (χ1v) is 14.7. The number of hydrogen-bond acceptors (Lipinski definition) is 6. The highest BCUT2D eigenvalue weighted by atomic mass is 32.1. The molecule has 4 aromatic rings. The van der Waals surface area contributed by atoms with Crippen molar-refractivity contribution in [3.63, 3.8) is 0 Å². The number of amides is 1. The zero-order chi connectivity index (χ0) is 27.9. The summed E-state index contributed by atoms with van der Waals surface area (Å²) in [6.45, 7) is 7.51. The number of anilines is 2. The number of pyridine rings is 1. The summed E-state index contributed by atoms with van der Waals surface area (Å²) >= 11 is 1.63. The van der Waals surface area contributed by atoms with Gasteiger partial charge in [0.25, 0.3) is 0 Å². The number of piperidine rings is 1. The Morgan fingerprint density at radius 1 is 0.950 bits per heavy atom. The molecule has 0 bridgehead atoms. The van der Waals surface area contributed by atoms with Crippen LogP contribution in [0.15, 0.2) is 85.2 Å². The Bertz CT molecular complexity index is 1410. The number of carbonyl (C=O) groups excluding carboxylic acids is 1. The van der Waals surface area contributed by atoms with Gasteiger partial charge in [0, 0.05) is 69.1 Å². The van der Waals surface area contributed by atoms with Gasteiger partial charge in [-0.2, -0.15) is 0 Å². The zero-order valence-corrected chi connectivity index (χ0v) is 24.3. The van der Waals surface area contributed by atoms with Gasteiger partial charge >= 0.3 is 0 Å². The van der Waals surface area contributed by atoms with Crippen LogP contribution < -0.4 is 4.90 Å². The van der Waals surface area contributed by atoms with Crippen LogP contribution in [0.5, 0.6) is 0 Å². The van der Waals surface area contributed by atoms with Crippen molar-refractivity contribution in [3.05, 3.63) is 112 Å². The largest absolute Gasteiger partial charge is 0.345 e. The summed E-state index contributed by atoms with van der Waals surface area (Å²) in [6.07, 6.45) is 9.21. The number of aryl methyl sites for hydroxylation is 2. The van der Waals surface area contributed by atoms with E-state index < -0.39 is 0 Å². The highest BCUT2D eigenvalue weighted by Gasteiger charge is 2.27. The molecule has 1 aliphatic heterocycles. The molecule has 2 aromatic carbocycles. The molecule has 2 aromatic heterocycles. The lowest BCUT2D eigenvalue weighted by atomic mass is 10.0. The van der Waals surface area contributed by atoms with Crippen molar-refractivity contribution in [1.82, 2.24) is 19.8 Å². The summed E-state index contributed by atoms with van der Waals surface area (Å²) in [5.41, 5.74) is 5.62. The molecular formula is C33H37N5OS. The smallest absolute Gasteiger partial charge is 0.247 e. The summed E-state index contributed by atoms with van der Waals surface area (Å²) in [4.78, 5) is 30.0. The number of nitrogens with zero attached hydrogens (tertiary/aromatic N) is 5. The van der Waals surface area contributed by atoms with Crippen LogP contribution in [0.1, 0.15) is 39.5 Å². The fraction of sp³-hybridized carbons (Fsp3) is 0.303. The number of benzene rings is 2. The lowest BCUT2D eigenvalue weighted by molar-refractivity contribution is -0.130. The highest BCUT2D eigenvalue weighted by Crippen LogP contribution is 2.26. The van der Waals surface area contributed by atoms with Crippen LogP contribution in [-0.4, -0.2) is 51.9 Å². The second-order valence-corrected chi connectivity index (χ2v) is 11.6. The summed E-state index contributed by atoms with van der Waals surface area (Å²) in [6, 6.07) is 23.4. The molecule has 1 fully saturated rings. The number of aromatic nitrogens is 2. The topological polar surface area (TPSA) is 52.6 Å². The van der Waals surface area contributed by atoms with E-state index in [1.54, 1.807) is 29.8 Å². The molecule has 206 valence electrons. The molecule has 0 radical (unpaired) electrons. The fourth-order valence-corrected chi connectivity index (χ4v) is 6.13. The van der Waals surface area contributed by atoms with Gasteiger partial charge in [0.2, 0.25) is 5.91 Å². The van der Waals surface area contributed by atoms with E-state index in [0.29, 0.717) is 6.54 Å². The van der Waals surface area contributed by atoms with Gasteiger partial charge in [0.15, 0.2) is 0 Å². The van der Waals surface area contributed by atoms with Crippen molar-refractivity contribution >= 4 is 34.7 Å². The maximum atomic E-state index is 13.7. The van der Waals surface area contributed by atoms with E-state index >= 15 is 0 Å². The molecule has 1 amide bonds. The van der Waals surface area contributed by atoms with Crippen molar-refractivity contribution in [2.75, 3.05) is 25.0 Å². The molecule has 1 aliphatic rings. The molecule has 0 aliphatic carbocycles. The molecule has 1 saturated heterocycles. The van der Waals surface area contributed by atoms with E-state index in [1.165, 1.54) is 5.56 Å². The van der Waals surface area contributed by atoms with Gasteiger partial charge in [-0.3, -0.25) is 14.7 Å². The lowest BCUT2D eigenvalue weighted by Gasteiger charge is -2.38. The second-order valence-electron chi connectivity index (χ2n) is 10.4. The van der Waals surface area contributed by atoms with Crippen LogP contribution in [0.2, 0.25) is 0 Å². The van der Waals surface area contributed by atoms with Gasteiger partial charge in [-0.05, 0) is 68.2 Å². The molecule has 3 heterocycles. The summed E-state index contributed by atoms with van der Waals surface area (Å²) in [7, 11) is 2.05. The number of hydrogen-bond donors (Lipinski definition) is 0.